The number of nitrogens with two attached hydrogens (primary N) is 1. The summed E-state index contributed by atoms with van der Waals surface area (Å²) in [6.45, 7) is 3.89. The summed E-state index contributed by atoms with van der Waals surface area (Å²) in [7, 11) is 0. The Morgan fingerprint density at radius 3 is 2.65 bits per heavy atom. The standard InChI is InChI=1S/C14H19N5O/c1-9(11-3-5-12(15)6-4-11)7-13(20)18-10(2)14-16-8-17-19-14/h3-6,8-10H,7,15H2,1-2H3,(H,18,20)(H,16,17,19). The van der Waals surface area contributed by atoms with E-state index in [1.807, 2.05) is 38.1 Å². The molecule has 6 heteroatoms. The zero-order chi connectivity index (χ0) is 14.5. The Balaban J connectivity index is 1.89. The maximum absolute atomic E-state index is 12.0. The fraction of sp³-hybridized carbons (Fsp3) is 0.357. The lowest BCUT2D eigenvalue weighted by molar-refractivity contribution is -0.122. The minimum atomic E-state index is -0.177. The van der Waals surface area contributed by atoms with Gasteiger partial charge in [-0.25, -0.2) is 4.98 Å². The molecule has 0 spiro atoms. The molecule has 6 nitrogen and oxygen atoms in total. The highest BCUT2D eigenvalue weighted by Gasteiger charge is 2.15. The van der Waals surface area contributed by atoms with Crippen LogP contribution in [0, 0.1) is 0 Å². The minimum absolute atomic E-state index is 0.0155. The smallest absolute Gasteiger partial charge is 0.221 e. The van der Waals surface area contributed by atoms with Crippen molar-refractivity contribution in [3.05, 3.63) is 42.0 Å². The van der Waals surface area contributed by atoms with Crippen LogP contribution in [0.4, 0.5) is 5.69 Å². The van der Waals surface area contributed by atoms with Crippen molar-refractivity contribution in [1.29, 1.82) is 0 Å². The summed E-state index contributed by atoms with van der Waals surface area (Å²) >= 11 is 0. The predicted octanol–water partition coefficient (Wildman–Crippen LogP) is 1.76. The Hall–Kier alpha value is -2.37. The highest BCUT2D eigenvalue weighted by atomic mass is 16.1. The molecular weight excluding hydrogens is 254 g/mol. The van der Waals surface area contributed by atoms with Gasteiger partial charge in [0.25, 0.3) is 0 Å². The number of amides is 1. The highest BCUT2D eigenvalue weighted by molar-refractivity contribution is 5.77. The number of hydrogen-bond donors (Lipinski definition) is 3. The van der Waals surface area contributed by atoms with Crippen LogP contribution in [0.1, 0.15) is 43.6 Å². The van der Waals surface area contributed by atoms with Gasteiger partial charge in [0.1, 0.15) is 12.2 Å². The van der Waals surface area contributed by atoms with E-state index in [1.165, 1.54) is 6.33 Å². The van der Waals surface area contributed by atoms with Crippen LogP contribution in [-0.2, 0) is 4.79 Å². The number of nitrogen functional groups attached to an aromatic ring is 1. The first-order valence-electron chi connectivity index (χ1n) is 6.56. The number of benzene rings is 1. The van der Waals surface area contributed by atoms with E-state index in [4.69, 9.17) is 5.73 Å². The van der Waals surface area contributed by atoms with Crippen LogP contribution in [-0.4, -0.2) is 21.1 Å². The molecule has 2 aromatic rings. The molecule has 2 atom stereocenters. The second-order valence-electron chi connectivity index (χ2n) is 4.93. The Labute approximate surface area is 117 Å². The summed E-state index contributed by atoms with van der Waals surface area (Å²) in [6, 6.07) is 7.42. The summed E-state index contributed by atoms with van der Waals surface area (Å²) < 4.78 is 0. The van der Waals surface area contributed by atoms with E-state index in [-0.39, 0.29) is 17.9 Å². The van der Waals surface area contributed by atoms with Gasteiger partial charge >= 0.3 is 0 Å². The Morgan fingerprint density at radius 1 is 1.35 bits per heavy atom. The van der Waals surface area contributed by atoms with E-state index in [1.54, 1.807) is 0 Å². The normalized spacial score (nSPS) is 13.7. The zero-order valence-electron chi connectivity index (χ0n) is 11.6. The number of anilines is 1. The molecule has 0 saturated carbocycles. The minimum Gasteiger partial charge on any atom is -0.399 e. The van der Waals surface area contributed by atoms with Gasteiger partial charge < -0.3 is 11.1 Å². The molecule has 2 rings (SSSR count). The van der Waals surface area contributed by atoms with Gasteiger partial charge in [0.15, 0.2) is 0 Å². The van der Waals surface area contributed by atoms with Crippen LogP contribution in [0.25, 0.3) is 0 Å². The summed E-state index contributed by atoms with van der Waals surface area (Å²) in [5, 5.41) is 9.41. The quantitative estimate of drug-likeness (QED) is 0.723. The third-order valence-corrected chi connectivity index (χ3v) is 3.22. The number of aromatic amines is 1. The molecule has 106 valence electrons. The first kappa shape index (κ1) is 14.0. The molecule has 0 aliphatic carbocycles. The third kappa shape index (κ3) is 3.57. The van der Waals surface area contributed by atoms with E-state index >= 15 is 0 Å². The molecule has 0 aliphatic heterocycles. The van der Waals surface area contributed by atoms with Crippen LogP contribution in [0.15, 0.2) is 30.6 Å². The SMILES string of the molecule is CC(CC(=O)NC(C)c1ncn[nH]1)c1ccc(N)cc1. The lowest BCUT2D eigenvalue weighted by Crippen LogP contribution is -2.28. The van der Waals surface area contributed by atoms with Crippen LogP contribution in [0.2, 0.25) is 0 Å². The van der Waals surface area contributed by atoms with Crippen molar-refractivity contribution in [2.45, 2.75) is 32.2 Å². The van der Waals surface area contributed by atoms with Crippen molar-refractivity contribution < 1.29 is 4.79 Å². The van der Waals surface area contributed by atoms with E-state index in [2.05, 4.69) is 20.5 Å². The van der Waals surface area contributed by atoms with Crippen molar-refractivity contribution in [2.75, 3.05) is 5.73 Å². The molecule has 0 radical (unpaired) electrons. The molecule has 1 amide bonds. The van der Waals surface area contributed by atoms with Crippen molar-refractivity contribution >= 4 is 11.6 Å². The second kappa shape index (κ2) is 6.18. The molecule has 0 bridgehead atoms. The number of hydrogen-bond acceptors (Lipinski definition) is 4. The number of carbonyl (C=O) groups is 1. The lowest BCUT2D eigenvalue weighted by atomic mass is 9.97. The maximum Gasteiger partial charge on any atom is 0.221 e. The van der Waals surface area contributed by atoms with Gasteiger partial charge in [-0.05, 0) is 30.5 Å². The van der Waals surface area contributed by atoms with E-state index in [0.29, 0.717) is 12.2 Å². The fourth-order valence-corrected chi connectivity index (χ4v) is 2.01. The molecule has 0 saturated heterocycles. The van der Waals surface area contributed by atoms with Crippen LogP contribution in [0.3, 0.4) is 0 Å². The van der Waals surface area contributed by atoms with Crippen molar-refractivity contribution in [3.8, 4) is 0 Å². The molecule has 0 fully saturated rings. The molecule has 4 N–H and O–H groups in total. The van der Waals surface area contributed by atoms with Crippen LogP contribution >= 0.6 is 0 Å². The average molecular weight is 273 g/mol. The monoisotopic (exact) mass is 273 g/mol. The van der Waals surface area contributed by atoms with Gasteiger partial charge in [-0.2, -0.15) is 5.10 Å². The molecule has 2 unspecified atom stereocenters. The zero-order valence-corrected chi connectivity index (χ0v) is 11.6. The summed E-state index contributed by atoms with van der Waals surface area (Å²) in [4.78, 5) is 16.0. The average Bonchev–Trinajstić information content (AvgIpc) is 2.93. The molecular formula is C14H19N5O. The van der Waals surface area contributed by atoms with Crippen molar-refractivity contribution in [3.63, 3.8) is 0 Å². The van der Waals surface area contributed by atoms with Crippen LogP contribution < -0.4 is 11.1 Å². The second-order valence-corrected chi connectivity index (χ2v) is 4.93. The van der Waals surface area contributed by atoms with Gasteiger partial charge in [0.05, 0.1) is 6.04 Å². The molecule has 1 aromatic heterocycles. The molecule has 1 aromatic carbocycles. The van der Waals surface area contributed by atoms with Gasteiger partial charge in [0, 0.05) is 12.1 Å². The number of nitrogens with zero attached hydrogens (tertiary/aromatic N) is 2. The van der Waals surface area contributed by atoms with Crippen molar-refractivity contribution in [2.24, 2.45) is 0 Å². The Bertz CT molecular complexity index is 549. The third-order valence-electron chi connectivity index (χ3n) is 3.22. The summed E-state index contributed by atoms with van der Waals surface area (Å²) in [5.74, 6) is 0.772. The topological polar surface area (TPSA) is 96.7 Å². The maximum atomic E-state index is 12.0. The predicted molar refractivity (Wildman–Crippen MR) is 76.8 cm³/mol. The van der Waals surface area contributed by atoms with E-state index in [0.717, 1.165) is 11.3 Å². The number of H-pyrrole nitrogens is 1. The molecule has 0 aliphatic rings. The fourth-order valence-electron chi connectivity index (χ4n) is 2.01. The van der Waals surface area contributed by atoms with Crippen LogP contribution in [0.5, 0.6) is 0 Å². The summed E-state index contributed by atoms with van der Waals surface area (Å²) in [6.07, 6.45) is 1.84. The van der Waals surface area contributed by atoms with Gasteiger partial charge in [-0.15, -0.1) is 0 Å². The largest absolute Gasteiger partial charge is 0.399 e. The first-order valence-corrected chi connectivity index (χ1v) is 6.56. The van der Waals surface area contributed by atoms with E-state index < -0.39 is 0 Å². The molecule has 20 heavy (non-hydrogen) atoms. The number of rotatable bonds is 5. The Morgan fingerprint density at radius 2 is 2.05 bits per heavy atom. The lowest BCUT2D eigenvalue weighted by Gasteiger charge is -2.15. The number of nitrogens with one attached hydrogen (secondary N) is 2. The van der Waals surface area contributed by atoms with Gasteiger partial charge in [-0.3, -0.25) is 9.89 Å². The number of carbonyl (C=O) groups excluding carboxylic acids is 1. The first-order chi connectivity index (χ1) is 9.56. The molecule has 1 heterocycles. The Kier molecular flexibility index (Phi) is 4.34. The van der Waals surface area contributed by atoms with Crippen molar-refractivity contribution in [1.82, 2.24) is 20.5 Å². The van der Waals surface area contributed by atoms with E-state index in [9.17, 15) is 4.79 Å². The number of aromatic nitrogens is 3. The summed E-state index contributed by atoms with van der Waals surface area (Å²) in [5.41, 5.74) is 7.48. The van der Waals surface area contributed by atoms with Gasteiger partial charge in [-0.1, -0.05) is 19.1 Å². The highest BCUT2D eigenvalue weighted by Crippen LogP contribution is 2.20. The van der Waals surface area contributed by atoms with Gasteiger partial charge in [0.2, 0.25) is 5.91 Å².